The van der Waals surface area contributed by atoms with Gasteiger partial charge in [0.2, 0.25) is 11.8 Å². The summed E-state index contributed by atoms with van der Waals surface area (Å²) in [6.45, 7) is 1.65. The summed E-state index contributed by atoms with van der Waals surface area (Å²) in [5, 5.41) is 4.33. The van der Waals surface area contributed by atoms with Gasteiger partial charge in [0.05, 0.1) is 22.9 Å². The quantitative estimate of drug-likeness (QED) is 0.663. The fraction of sp³-hybridized carbons (Fsp3) is 0.200. The Hall–Kier alpha value is -3.69. The van der Waals surface area contributed by atoms with Gasteiger partial charge in [0, 0.05) is 18.2 Å². The zero-order valence-electron chi connectivity index (χ0n) is 15.7. The van der Waals surface area contributed by atoms with Gasteiger partial charge in [-0.05, 0) is 37.3 Å². The molecule has 7 nitrogen and oxygen atoms in total. The normalized spacial score (nSPS) is 17.1. The molecule has 3 heterocycles. The van der Waals surface area contributed by atoms with Crippen LogP contribution in [0.2, 0.25) is 0 Å². The van der Waals surface area contributed by atoms with E-state index in [0.717, 1.165) is 23.1 Å². The van der Waals surface area contributed by atoms with E-state index in [1.54, 1.807) is 31.3 Å². The Morgan fingerprint density at radius 2 is 1.90 bits per heavy atom. The molecule has 1 fully saturated rings. The lowest BCUT2D eigenvalue weighted by Gasteiger charge is -2.17. The molecule has 1 aromatic carbocycles. The molecule has 4 rings (SSSR count). The third kappa shape index (κ3) is 3.19. The van der Waals surface area contributed by atoms with E-state index >= 15 is 0 Å². The first-order valence-electron chi connectivity index (χ1n) is 8.99. The van der Waals surface area contributed by atoms with Crippen LogP contribution >= 0.6 is 0 Å². The average Bonchev–Trinajstić information content (AvgIpc) is 3.16. The van der Waals surface area contributed by atoms with Crippen LogP contribution in [-0.2, 0) is 15.8 Å². The highest BCUT2D eigenvalue weighted by Crippen LogP contribution is 2.39. The number of nitrogen functional groups attached to an aromatic ring is 1. The molecule has 2 N–H and O–H groups in total. The van der Waals surface area contributed by atoms with E-state index in [4.69, 9.17) is 5.73 Å². The highest BCUT2D eigenvalue weighted by Gasteiger charge is 2.43. The molecule has 30 heavy (non-hydrogen) atoms. The van der Waals surface area contributed by atoms with Crippen molar-refractivity contribution in [3.8, 4) is 5.82 Å². The number of pyridine rings is 1. The van der Waals surface area contributed by atoms with E-state index in [1.807, 2.05) is 0 Å². The Morgan fingerprint density at radius 1 is 1.13 bits per heavy atom. The molecule has 154 valence electrons. The molecule has 2 aromatic heterocycles. The number of hydrogen-bond donors (Lipinski definition) is 1. The van der Waals surface area contributed by atoms with Crippen molar-refractivity contribution in [2.24, 2.45) is 0 Å². The van der Waals surface area contributed by atoms with Gasteiger partial charge >= 0.3 is 6.18 Å². The standard InChI is InChI=1S/C20H16F3N5O2/c1-11-17(18(24)28(26-11)15-7-2-3-8-25-15)14-10-16(29)27(19(14)30)13-6-4-5-12(9-13)20(21,22)23/h2-9,14H,10,24H2,1H3/t14-/m1/s1. The van der Waals surface area contributed by atoms with Crippen LogP contribution in [0.1, 0.15) is 29.2 Å². The molecular weight excluding hydrogens is 399 g/mol. The number of benzene rings is 1. The summed E-state index contributed by atoms with van der Waals surface area (Å²) in [6, 6.07) is 9.27. The highest BCUT2D eigenvalue weighted by atomic mass is 19.4. The van der Waals surface area contributed by atoms with Gasteiger partial charge in [-0.15, -0.1) is 0 Å². The number of carbonyl (C=O) groups excluding carboxylic acids is 2. The first-order valence-corrected chi connectivity index (χ1v) is 8.99. The Bertz CT molecular complexity index is 1140. The van der Waals surface area contributed by atoms with Gasteiger partial charge in [0.15, 0.2) is 5.82 Å². The molecule has 0 spiro atoms. The van der Waals surface area contributed by atoms with Crippen molar-refractivity contribution in [1.82, 2.24) is 14.8 Å². The largest absolute Gasteiger partial charge is 0.416 e. The number of carbonyl (C=O) groups is 2. The molecule has 0 unspecified atom stereocenters. The van der Waals surface area contributed by atoms with Gasteiger partial charge in [-0.1, -0.05) is 12.1 Å². The minimum Gasteiger partial charge on any atom is -0.383 e. The van der Waals surface area contributed by atoms with Crippen LogP contribution in [0, 0.1) is 6.92 Å². The molecule has 1 saturated heterocycles. The van der Waals surface area contributed by atoms with Crippen molar-refractivity contribution in [2.75, 3.05) is 10.6 Å². The Labute approximate surface area is 168 Å². The van der Waals surface area contributed by atoms with Gasteiger partial charge in [-0.2, -0.15) is 23.0 Å². The lowest BCUT2D eigenvalue weighted by Crippen LogP contribution is -2.30. The van der Waals surface area contributed by atoms with Crippen molar-refractivity contribution in [1.29, 1.82) is 0 Å². The lowest BCUT2D eigenvalue weighted by molar-refractivity contribution is -0.137. The second kappa shape index (κ2) is 6.97. The summed E-state index contributed by atoms with van der Waals surface area (Å²) in [5.74, 6) is -1.59. The number of nitrogens with two attached hydrogens (primary N) is 1. The van der Waals surface area contributed by atoms with E-state index in [0.29, 0.717) is 17.1 Å². The maximum atomic E-state index is 13.0. The number of amides is 2. The van der Waals surface area contributed by atoms with Gasteiger partial charge in [-0.25, -0.2) is 9.88 Å². The number of aryl methyl sites for hydroxylation is 1. The zero-order chi connectivity index (χ0) is 21.6. The van der Waals surface area contributed by atoms with Crippen molar-refractivity contribution in [3.63, 3.8) is 0 Å². The number of alkyl halides is 3. The third-order valence-corrected chi connectivity index (χ3v) is 4.94. The molecule has 1 aliphatic heterocycles. The second-order valence-corrected chi connectivity index (χ2v) is 6.86. The van der Waals surface area contributed by atoms with Crippen molar-refractivity contribution < 1.29 is 22.8 Å². The molecule has 0 bridgehead atoms. The maximum absolute atomic E-state index is 13.0. The number of imide groups is 1. The van der Waals surface area contributed by atoms with E-state index in [9.17, 15) is 22.8 Å². The minimum atomic E-state index is -4.59. The summed E-state index contributed by atoms with van der Waals surface area (Å²) in [4.78, 5) is 30.6. The molecule has 10 heteroatoms. The topological polar surface area (TPSA) is 94.1 Å². The predicted molar refractivity (Wildman–Crippen MR) is 102 cm³/mol. The number of halogens is 3. The Morgan fingerprint density at radius 3 is 2.57 bits per heavy atom. The number of anilines is 2. The fourth-order valence-corrected chi connectivity index (χ4v) is 3.59. The van der Waals surface area contributed by atoms with Crippen LogP contribution < -0.4 is 10.6 Å². The third-order valence-electron chi connectivity index (χ3n) is 4.94. The van der Waals surface area contributed by atoms with E-state index in [-0.39, 0.29) is 17.9 Å². The van der Waals surface area contributed by atoms with Crippen molar-refractivity contribution in [3.05, 3.63) is 65.5 Å². The molecule has 3 aromatic rings. The van der Waals surface area contributed by atoms with E-state index in [2.05, 4.69) is 10.1 Å². The minimum absolute atomic E-state index is 0.129. The number of hydrogen-bond acceptors (Lipinski definition) is 5. The summed E-state index contributed by atoms with van der Waals surface area (Å²) < 4.78 is 40.5. The first-order chi connectivity index (χ1) is 14.2. The van der Waals surface area contributed by atoms with Gasteiger partial charge in [-0.3, -0.25) is 9.59 Å². The molecule has 1 aliphatic rings. The molecule has 2 amide bonds. The monoisotopic (exact) mass is 415 g/mol. The van der Waals surface area contributed by atoms with Crippen molar-refractivity contribution in [2.45, 2.75) is 25.4 Å². The van der Waals surface area contributed by atoms with Crippen LogP contribution in [-0.4, -0.2) is 26.6 Å². The molecule has 0 saturated carbocycles. The van der Waals surface area contributed by atoms with Crippen molar-refractivity contribution >= 4 is 23.3 Å². The van der Waals surface area contributed by atoms with E-state index in [1.165, 1.54) is 10.7 Å². The smallest absolute Gasteiger partial charge is 0.383 e. The maximum Gasteiger partial charge on any atom is 0.416 e. The molecule has 1 atom stereocenters. The van der Waals surface area contributed by atoms with Crippen LogP contribution in [0.4, 0.5) is 24.7 Å². The van der Waals surface area contributed by atoms with Crippen LogP contribution in [0.25, 0.3) is 5.82 Å². The molecule has 0 aliphatic carbocycles. The lowest BCUT2D eigenvalue weighted by atomic mass is 9.97. The van der Waals surface area contributed by atoms with Gasteiger partial charge in [0.1, 0.15) is 5.82 Å². The van der Waals surface area contributed by atoms with Crippen LogP contribution in [0.3, 0.4) is 0 Å². The second-order valence-electron chi connectivity index (χ2n) is 6.86. The van der Waals surface area contributed by atoms with Gasteiger partial charge < -0.3 is 5.73 Å². The number of rotatable bonds is 3. The fourth-order valence-electron chi connectivity index (χ4n) is 3.59. The van der Waals surface area contributed by atoms with Gasteiger partial charge in [0.25, 0.3) is 0 Å². The van der Waals surface area contributed by atoms with E-state index < -0.39 is 29.5 Å². The number of aromatic nitrogens is 3. The average molecular weight is 415 g/mol. The summed E-state index contributed by atoms with van der Waals surface area (Å²) in [6.07, 6.45) is -3.24. The van der Waals surface area contributed by atoms with Crippen LogP contribution in [0.5, 0.6) is 0 Å². The van der Waals surface area contributed by atoms with Crippen LogP contribution in [0.15, 0.2) is 48.7 Å². The summed E-state index contributed by atoms with van der Waals surface area (Å²) in [7, 11) is 0. The predicted octanol–water partition coefficient (Wildman–Crippen LogP) is 3.22. The highest BCUT2D eigenvalue weighted by molar-refractivity contribution is 6.23. The number of nitrogens with zero attached hydrogens (tertiary/aromatic N) is 4. The Kier molecular flexibility index (Phi) is 4.56. The summed E-state index contributed by atoms with van der Waals surface area (Å²) >= 11 is 0. The molecular formula is C20H16F3N5O2. The summed E-state index contributed by atoms with van der Waals surface area (Å²) in [5.41, 5.74) is 5.96. The zero-order valence-corrected chi connectivity index (χ0v) is 15.7. The molecule has 0 radical (unpaired) electrons. The Balaban J connectivity index is 1.72. The first kappa shape index (κ1) is 19.6. The SMILES string of the molecule is Cc1nn(-c2ccccn2)c(N)c1[C@H]1CC(=O)N(c2cccc(C(F)(F)F)c2)C1=O.